The van der Waals surface area contributed by atoms with Crippen LogP contribution >= 0.6 is 0 Å². The molecule has 77 heavy (non-hydrogen) atoms. The molecule has 0 aromatic carbocycles. The van der Waals surface area contributed by atoms with Gasteiger partial charge in [0.25, 0.3) is 0 Å². The molecule has 4 N–H and O–H groups in total. The Balaban J connectivity index is 0.715. The molecule has 2 spiro atoms. The molecule has 0 saturated carbocycles. The first-order valence-corrected chi connectivity index (χ1v) is 29.6. The standard InChI is InChI=1S/C58H84O19/c1-25-13-32-7-9-37-26(2)14-34(65-37)11-12-57-23-45-53(76-57)54-55(71-45)56(77-57)52-38(69-54)10-8-33(67-52)17-47(63)73-51-30(6)50-42(68-43(51)20-39(66-32)29(25)5)18-35(61)40(70-50)15-31(60)16-41-48(64)27(3)21-58(74-41)22-28(4)49-44(75-58)19-36(62)46(24-59)72-49/h25,27-28,30,32-46,48-56,59,61-62,64H,2,5,7-24H2,1,3-4,6H3/t25-,27+,28+,30+,32+,33-,34+,35-,36-,37+,38+,39?,40-,41+,42+,43+,44+,45?,46-,48+,49+,50+,51-,52+,53?,54+,55-,56+,57+,58?/m1/s1. The molecule has 14 rings (SSSR count). The zero-order chi connectivity index (χ0) is 53.4. The molecule has 14 heterocycles. The minimum Gasteiger partial charge on any atom is -0.459 e. The van der Waals surface area contributed by atoms with Crippen LogP contribution in [0.25, 0.3) is 0 Å². The highest BCUT2D eigenvalue weighted by atomic mass is 16.8. The van der Waals surface area contributed by atoms with Crippen LogP contribution in [0.5, 0.6) is 0 Å². The van der Waals surface area contributed by atoms with E-state index in [2.05, 4.69) is 20.1 Å². The summed E-state index contributed by atoms with van der Waals surface area (Å²) >= 11 is 0. The number of esters is 1. The highest BCUT2D eigenvalue weighted by molar-refractivity contribution is 5.79. The fourth-order valence-corrected chi connectivity index (χ4v) is 16.6. The molecule has 12 bridgehead atoms. The molecule has 14 fully saturated rings. The molecule has 14 saturated heterocycles. The molecule has 430 valence electrons. The van der Waals surface area contributed by atoms with Crippen molar-refractivity contribution >= 4 is 11.8 Å². The number of aliphatic hydroxyl groups excluding tert-OH is 4. The fraction of sp³-hybridized carbons (Fsp3) is 0.897. The highest BCUT2D eigenvalue weighted by Gasteiger charge is 2.69. The van der Waals surface area contributed by atoms with E-state index >= 15 is 0 Å². The lowest BCUT2D eigenvalue weighted by Crippen LogP contribution is -2.63. The third-order valence-electron chi connectivity index (χ3n) is 20.6. The van der Waals surface area contributed by atoms with Gasteiger partial charge >= 0.3 is 5.97 Å². The summed E-state index contributed by atoms with van der Waals surface area (Å²) < 4.78 is 87.3. The number of fused-ring (bicyclic) bond motifs is 8. The quantitative estimate of drug-likeness (QED) is 0.225. The number of rotatable bonds is 5. The smallest absolute Gasteiger partial charge is 0.308 e. The zero-order valence-electron chi connectivity index (χ0n) is 45.2. The largest absolute Gasteiger partial charge is 0.459 e. The molecule has 0 aromatic rings. The minimum atomic E-state index is -1.11. The van der Waals surface area contributed by atoms with Gasteiger partial charge in [0.2, 0.25) is 0 Å². The highest BCUT2D eigenvalue weighted by Crippen LogP contribution is 2.55. The number of ketones is 1. The fourth-order valence-electron chi connectivity index (χ4n) is 16.6. The van der Waals surface area contributed by atoms with Crippen LogP contribution in [-0.4, -0.2) is 197 Å². The third kappa shape index (κ3) is 10.1. The SMILES string of the molecule is C=C1C2C[C@@H]3O[C@H]4C[C@@H](O)[C@@H](CC(=O)C[C@@H]5OC6(C[C@H](C)[C@@H]5O)C[C@H](C)[C@@H]5O[C@H](CO)[C@H](O)C[C@@H]5O6)O[C@H]4[C@H](C)[C@H]3OC(=O)C[C@H]3CC[C@@H]4O[C@H]5C6O[C@]7(CC[C@H]8CC(=C)[C@H](CC[C@@H](C[C@H]1C)O2)O8)CC6O[C@H]5[C@@H](O7)[C@H]4O3. The van der Waals surface area contributed by atoms with Gasteiger partial charge in [-0.2, -0.15) is 0 Å². The molecular weight excluding hydrogens is 1000 g/mol. The number of Topliss-reactive ketones (excluding diaryl/α,β-unsaturated/α-hetero) is 1. The summed E-state index contributed by atoms with van der Waals surface area (Å²) in [5, 5.41) is 43.7. The van der Waals surface area contributed by atoms with Gasteiger partial charge < -0.3 is 82.0 Å². The van der Waals surface area contributed by atoms with Crippen LogP contribution in [0.1, 0.15) is 137 Å². The summed E-state index contributed by atoms with van der Waals surface area (Å²) in [6.07, 6.45) is -4.24. The van der Waals surface area contributed by atoms with Gasteiger partial charge in [-0.25, -0.2) is 0 Å². The van der Waals surface area contributed by atoms with Crippen molar-refractivity contribution in [2.24, 2.45) is 23.7 Å². The van der Waals surface area contributed by atoms with Gasteiger partial charge in [-0.05, 0) is 73.8 Å². The maximum Gasteiger partial charge on any atom is 0.308 e. The van der Waals surface area contributed by atoms with Crippen LogP contribution in [0, 0.1) is 23.7 Å². The number of aliphatic hydroxyl groups is 4. The number of carbonyl (C=O) groups excluding carboxylic acids is 2. The summed E-state index contributed by atoms with van der Waals surface area (Å²) in [6.45, 7) is 16.8. The topological polar surface area (TPSA) is 235 Å². The van der Waals surface area contributed by atoms with Crippen molar-refractivity contribution in [1.82, 2.24) is 0 Å². The van der Waals surface area contributed by atoms with Crippen LogP contribution in [0.15, 0.2) is 24.3 Å². The van der Waals surface area contributed by atoms with E-state index in [1.165, 1.54) is 0 Å². The summed E-state index contributed by atoms with van der Waals surface area (Å²) in [6, 6.07) is 0. The van der Waals surface area contributed by atoms with E-state index in [0.717, 1.165) is 43.3 Å². The summed E-state index contributed by atoms with van der Waals surface area (Å²) in [4.78, 5) is 28.6. The molecule has 4 unspecified atom stereocenters. The molecule has 19 heteroatoms. The Morgan fingerprint density at radius 1 is 0.545 bits per heavy atom. The number of hydrogen-bond acceptors (Lipinski definition) is 19. The Labute approximate surface area is 451 Å². The maximum atomic E-state index is 14.5. The van der Waals surface area contributed by atoms with Crippen molar-refractivity contribution in [3.05, 3.63) is 24.3 Å². The van der Waals surface area contributed by atoms with E-state index < -0.39 is 109 Å². The second-order valence-electron chi connectivity index (χ2n) is 26.1. The van der Waals surface area contributed by atoms with Crippen molar-refractivity contribution in [3.63, 3.8) is 0 Å². The predicted molar refractivity (Wildman–Crippen MR) is 268 cm³/mol. The first-order valence-electron chi connectivity index (χ1n) is 29.6. The molecule has 0 aromatic heterocycles. The molecular formula is C58H84O19. The number of ether oxygens (including phenoxy) is 13. The van der Waals surface area contributed by atoms with Gasteiger partial charge in [0.05, 0.1) is 117 Å². The number of hydrogen-bond donors (Lipinski definition) is 4. The summed E-state index contributed by atoms with van der Waals surface area (Å²) in [5.41, 5.74) is 2.05. The van der Waals surface area contributed by atoms with Crippen LogP contribution < -0.4 is 0 Å². The second-order valence-corrected chi connectivity index (χ2v) is 26.1. The van der Waals surface area contributed by atoms with Crippen LogP contribution in [-0.2, 0) is 71.2 Å². The molecule has 30 atom stereocenters. The van der Waals surface area contributed by atoms with E-state index in [4.69, 9.17) is 61.6 Å². The van der Waals surface area contributed by atoms with E-state index in [1.54, 1.807) is 0 Å². The number of carbonyl (C=O) groups is 2. The molecule has 0 aliphatic carbocycles. The molecule has 14 aliphatic rings. The molecule has 0 radical (unpaired) electrons. The van der Waals surface area contributed by atoms with Crippen LogP contribution in [0.2, 0.25) is 0 Å². The normalized spacial score (nSPS) is 55.4. The minimum absolute atomic E-state index is 0.00553. The summed E-state index contributed by atoms with van der Waals surface area (Å²) in [5.74, 6) is -3.24. The average Bonchev–Trinajstić information content (AvgIpc) is 3.97. The lowest BCUT2D eigenvalue weighted by molar-refractivity contribution is -0.375. The van der Waals surface area contributed by atoms with Crippen LogP contribution in [0.3, 0.4) is 0 Å². The lowest BCUT2D eigenvalue weighted by atomic mass is 9.77. The zero-order valence-corrected chi connectivity index (χ0v) is 45.2. The van der Waals surface area contributed by atoms with Crippen molar-refractivity contribution in [1.29, 1.82) is 0 Å². The van der Waals surface area contributed by atoms with E-state index in [0.29, 0.717) is 44.9 Å². The van der Waals surface area contributed by atoms with E-state index in [1.807, 2.05) is 20.8 Å². The van der Waals surface area contributed by atoms with Crippen molar-refractivity contribution < 1.29 is 91.6 Å². The maximum absolute atomic E-state index is 14.5. The van der Waals surface area contributed by atoms with Gasteiger partial charge in [-0.15, -0.1) is 0 Å². The molecule has 0 amide bonds. The summed E-state index contributed by atoms with van der Waals surface area (Å²) in [7, 11) is 0. The van der Waals surface area contributed by atoms with Crippen molar-refractivity contribution in [3.8, 4) is 0 Å². The molecule has 19 nitrogen and oxygen atoms in total. The first-order chi connectivity index (χ1) is 36.9. The van der Waals surface area contributed by atoms with Gasteiger partial charge in [0.15, 0.2) is 11.6 Å². The van der Waals surface area contributed by atoms with Gasteiger partial charge in [-0.3, -0.25) is 9.59 Å². The van der Waals surface area contributed by atoms with E-state index in [9.17, 15) is 30.0 Å². The lowest BCUT2D eigenvalue weighted by Gasteiger charge is -2.55. The van der Waals surface area contributed by atoms with Crippen molar-refractivity contribution in [2.45, 2.75) is 295 Å². The second kappa shape index (κ2) is 21.0. The third-order valence-corrected chi connectivity index (χ3v) is 20.6. The molecule has 14 aliphatic heterocycles. The Bertz CT molecular complexity index is 2230. The predicted octanol–water partition coefficient (Wildman–Crippen LogP) is 3.97. The first kappa shape index (κ1) is 54.2. The Morgan fingerprint density at radius 3 is 2.06 bits per heavy atom. The van der Waals surface area contributed by atoms with Crippen LogP contribution in [0.4, 0.5) is 0 Å². The van der Waals surface area contributed by atoms with E-state index in [-0.39, 0.29) is 123 Å². The Hall–Kier alpha value is -2.02. The van der Waals surface area contributed by atoms with Crippen molar-refractivity contribution in [2.75, 3.05) is 6.61 Å². The van der Waals surface area contributed by atoms with Gasteiger partial charge in [-0.1, -0.05) is 40.9 Å². The van der Waals surface area contributed by atoms with Gasteiger partial charge in [0, 0.05) is 63.7 Å². The monoisotopic (exact) mass is 1080 g/mol. The Morgan fingerprint density at radius 2 is 1.23 bits per heavy atom. The average molecular weight is 1090 g/mol. The van der Waals surface area contributed by atoms with Gasteiger partial charge in [0.1, 0.15) is 48.5 Å². The Kier molecular flexibility index (Phi) is 14.8.